The van der Waals surface area contributed by atoms with Crippen molar-refractivity contribution >= 4 is 11.6 Å². The van der Waals surface area contributed by atoms with Crippen LogP contribution in [0.3, 0.4) is 0 Å². The number of benzene rings is 2. The van der Waals surface area contributed by atoms with Gasteiger partial charge < -0.3 is 15.0 Å². The predicted molar refractivity (Wildman–Crippen MR) is 110 cm³/mol. The minimum absolute atomic E-state index is 0.115. The van der Waals surface area contributed by atoms with Gasteiger partial charge in [0.2, 0.25) is 0 Å². The molecule has 0 saturated carbocycles. The number of hydrogen-bond acceptors (Lipinski definition) is 3. The number of methoxy groups -OCH3 is 1. The third-order valence-corrected chi connectivity index (χ3v) is 4.74. The van der Waals surface area contributed by atoms with E-state index in [0.717, 1.165) is 33.2 Å². The number of nitrogens with zero attached hydrogens (tertiary/aromatic N) is 2. The third-order valence-electron chi connectivity index (χ3n) is 4.74. The highest BCUT2D eigenvalue weighted by Gasteiger charge is 2.18. The molecule has 0 aliphatic rings. The van der Waals surface area contributed by atoms with Gasteiger partial charge in [-0.3, -0.25) is 4.79 Å². The second kappa shape index (κ2) is 8.87. The van der Waals surface area contributed by atoms with Gasteiger partial charge in [-0.2, -0.15) is 5.10 Å². The summed E-state index contributed by atoms with van der Waals surface area (Å²) in [6.45, 7) is 4.58. The Balaban J connectivity index is 1.65. The van der Waals surface area contributed by atoms with Crippen molar-refractivity contribution in [3.63, 3.8) is 0 Å². The molecule has 1 amide bonds. The highest BCUT2D eigenvalue weighted by atomic mass is 19.1. The van der Waals surface area contributed by atoms with Crippen LogP contribution in [0.2, 0.25) is 0 Å². The van der Waals surface area contributed by atoms with E-state index in [-0.39, 0.29) is 18.2 Å². The summed E-state index contributed by atoms with van der Waals surface area (Å²) in [6.07, 6.45) is 0. The molecule has 1 atom stereocenters. The van der Waals surface area contributed by atoms with Crippen molar-refractivity contribution in [2.24, 2.45) is 0 Å². The zero-order chi connectivity index (χ0) is 21.0. The smallest absolute Gasteiger partial charge is 0.279 e. The van der Waals surface area contributed by atoms with Crippen molar-refractivity contribution in [2.75, 3.05) is 26.0 Å². The molecule has 0 radical (unpaired) electrons. The molecule has 0 saturated heterocycles. The molecule has 2 aromatic carbocycles. The van der Waals surface area contributed by atoms with Crippen LogP contribution in [0.5, 0.6) is 5.75 Å². The number of carbonyl (C=O) groups excluding carboxylic acids is 1. The topological polar surface area (TPSA) is 60.6 Å². The summed E-state index contributed by atoms with van der Waals surface area (Å²) in [6, 6.07) is 14.6. The van der Waals surface area contributed by atoms with Crippen molar-refractivity contribution in [1.82, 2.24) is 9.78 Å². The maximum Gasteiger partial charge on any atom is 0.279 e. The van der Waals surface area contributed by atoms with Crippen LogP contribution in [0, 0.1) is 19.7 Å². The average Bonchev–Trinajstić information content (AvgIpc) is 2.97. The molecular weight excluding hydrogens is 371 g/mol. The quantitative estimate of drug-likeness (QED) is 0.643. The molecule has 1 aromatic heterocycles. The SMILES string of the molecule is COc1ccc(C[NH+](C)CC(=O)Nc2c(C)nn(-c3ccccc3)c2C)cc1F. The molecular formula is C22H26FN4O2+. The number of ether oxygens (including phenoxy) is 1. The summed E-state index contributed by atoms with van der Waals surface area (Å²) in [7, 11) is 3.33. The Bertz CT molecular complexity index is 1000. The summed E-state index contributed by atoms with van der Waals surface area (Å²) in [5.41, 5.74) is 4.10. The van der Waals surface area contributed by atoms with Crippen molar-refractivity contribution in [3.05, 3.63) is 71.3 Å². The number of nitrogens with one attached hydrogen (secondary N) is 2. The van der Waals surface area contributed by atoms with E-state index in [1.165, 1.54) is 13.2 Å². The number of amides is 1. The molecule has 0 spiro atoms. The molecule has 1 heterocycles. The van der Waals surface area contributed by atoms with E-state index in [1.807, 2.05) is 62.0 Å². The fourth-order valence-corrected chi connectivity index (χ4v) is 3.33. The van der Waals surface area contributed by atoms with Crippen LogP contribution >= 0.6 is 0 Å². The molecule has 0 aliphatic carbocycles. The van der Waals surface area contributed by atoms with Crippen molar-refractivity contribution in [2.45, 2.75) is 20.4 Å². The predicted octanol–water partition coefficient (Wildman–Crippen LogP) is 2.29. The number of anilines is 1. The Labute approximate surface area is 169 Å². The summed E-state index contributed by atoms with van der Waals surface area (Å²) in [5.74, 6) is -0.303. The first kappa shape index (κ1) is 20.5. The molecule has 0 fully saturated rings. The number of rotatable bonds is 7. The minimum Gasteiger partial charge on any atom is -0.494 e. The van der Waals surface area contributed by atoms with E-state index in [2.05, 4.69) is 10.4 Å². The van der Waals surface area contributed by atoms with Crippen molar-refractivity contribution in [1.29, 1.82) is 0 Å². The van der Waals surface area contributed by atoms with Gasteiger partial charge in [0.25, 0.3) is 5.91 Å². The summed E-state index contributed by atoms with van der Waals surface area (Å²) in [5, 5.41) is 7.53. The Morgan fingerprint density at radius 1 is 1.21 bits per heavy atom. The number of aromatic nitrogens is 2. The van der Waals surface area contributed by atoms with Crippen LogP contribution in [-0.2, 0) is 11.3 Å². The van der Waals surface area contributed by atoms with Gasteiger partial charge in [0.1, 0.15) is 6.54 Å². The molecule has 0 bridgehead atoms. The third kappa shape index (κ3) is 4.81. The van der Waals surface area contributed by atoms with Crippen LogP contribution in [0.15, 0.2) is 48.5 Å². The molecule has 1 unspecified atom stereocenters. The van der Waals surface area contributed by atoms with Gasteiger partial charge in [-0.1, -0.05) is 18.2 Å². The van der Waals surface area contributed by atoms with Gasteiger partial charge in [-0.15, -0.1) is 0 Å². The van der Waals surface area contributed by atoms with Crippen LogP contribution in [0.4, 0.5) is 10.1 Å². The van der Waals surface area contributed by atoms with E-state index in [0.29, 0.717) is 6.54 Å². The second-order valence-electron chi connectivity index (χ2n) is 7.12. The van der Waals surface area contributed by atoms with Gasteiger partial charge in [0.15, 0.2) is 18.1 Å². The molecule has 2 N–H and O–H groups in total. The highest BCUT2D eigenvalue weighted by molar-refractivity contribution is 5.92. The van der Waals surface area contributed by atoms with E-state index in [9.17, 15) is 9.18 Å². The zero-order valence-electron chi connectivity index (χ0n) is 17.1. The van der Waals surface area contributed by atoms with Gasteiger partial charge in [0, 0.05) is 5.56 Å². The average molecular weight is 397 g/mol. The molecule has 7 heteroatoms. The second-order valence-corrected chi connectivity index (χ2v) is 7.12. The van der Waals surface area contributed by atoms with E-state index >= 15 is 0 Å². The number of carbonyl (C=O) groups is 1. The lowest BCUT2D eigenvalue weighted by atomic mass is 10.2. The maximum absolute atomic E-state index is 13.9. The zero-order valence-corrected chi connectivity index (χ0v) is 17.1. The van der Waals surface area contributed by atoms with Crippen LogP contribution in [0.1, 0.15) is 17.0 Å². The molecule has 0 aliphatic heterocycles. The minimum atomic E-state index is -0.401. The van der Waals surface area contributed by atoms with Crippen molar-refractivity contribution < 1.29 is 18.8 Å². The first-order valence-electron chi connectivity index (χ1n) is 9.44. The van der Waals surface area contributed by atoms with E-state index < -0.39 is 5.82 Å². The lowest BCUT2D eigenvalue weighted by molar-refractivity contribution is -0.885. The van der Waals surface area contributed by atoms with Crippen molar-refractivity contribution in [3.8, 4) is 11.4 Å². The standard InChI is InChI=1S/C22H25FN4O2/c1-15-22(16(2)27(25-15)18-8-6-5-7-9-18)24-21(28)14-26(3)13-17-10-11-20(29-4)19(23)12-17/h5-12H,13-14H2,1-4H3,(H,24,28)/p+1. The maximum atomic E-state index is 13.9. The Kier molecular flexibility index (Phi) is 6.29. The number of quaternary nitrogens is 1. The number of para-hydroxylation sites is 1. The van der Waals surface area contributed by atoms with Gasteiger partial charge in [0.05, 0.1) is 36.9 Å². The number of halogens is 1. The van der Waals surface area contributed by atoms with Gasteiger partial charge in [-0.25, -0.2) is 9.07 Å². The molecule has 3 aromatic rings. The largest absolute Gasteiger partial charge is 0.494 e. The first-order chi connectivity index (χ1) is 13.9. The number of hydrogen-bond donors (Lipinski definition) is 2. The summed E-state index contributed by atoms with van der Waals surface area (Å²) >= 11 is 0. The molecule has 6 nitrogen and oxygen atoms in total. The Morgan fingerprint density at radius 2 is 1.93 bits per heavy atom. The lowest BCUT2D eigenvalue weighted by Crippen LogP contribution is -3.08. The van der Waals surface area contributed by atoms with E-state index in [4.69, 9.17) is 4.74 Å². The van der Waals surface area contributed by atoms with Crippen LogP contribution in [-0.4, -0.2) is 36.4 Å². The highest BCUT2D eigenvalue weighted by Crippen LogP contribution is 2.22. The summed E-state index contributed by atoms with van der Waals surface area (Å²) < 4.78 is 20.6. The monoisotopic (exact) mass is 397 g/mol. The first-order valence-corrected chi connectivity index (χ1v) is 9.44. The lowest BCUT2D eigenvalue weighted by Gasteiger charge is -2.14. The normalized spacial score (nSPS) is 11.9. The number of likely N-dealkylation sites (N-methyl/N-ethyl adjacent to an activating group) is 1. The van der Waals surface area contributed by atoms with Gasteiger partial charge in [-0.05, 0) is 44.2 Å². The fourth-order valence-electron chi connectivity index (χ4n) is 3.33. The summed E-state index contributed by atoms with van der Waals surface area (Å²) in [4.78, 5) is 13.5. The Hall–Kier alpha value is -3.19. The Morgan fingerprint density at radius 3 is 2.59 bits per heavy atom. The van der Waals surface area contributed by atoms with Gasteiger partial charge >= 0.3 is 0 Å². The molecule has 152 valence electrons. The fraction of sp³-hybridized carbons (Fsp3) is 0.273. The van der Waals surface area contributed by atoms with Crippen LogP contribution < -0.4 is 15.0 Å². The molecule has 3 rings (SSSR count). The number of aryl methyl sites for hydroxylation is 1. The van der Waals surface area contributed by atoms with E-state index in [1.54, 1.807) is 6.07 Å². The van der Waals surface area contributed by atoms with Crippen LogP contribution in [0.25, 0.3) is 5.69 Å². The molecule has 29 heavy (non-hydrogen) atoms.